The van der Waals surface area contributed by atoms with Crippen molar-refractivity contribution in [1.29, 1.82) is 0 Å². The van der Waals surface area contributed by atoms with Gasteiger partial charge in [-0.1, -0.05) is 48.0 Å². The summed E-state index contributed by atoms with van der Waals surface area (Å²) in [6.45, 7) is 6.32. The third kappa shape index (κ3) is 5.20. The van der Waals surface area contributed by atoms with Gasteiger partial charge in [-0.3, -0.25) is 4.90 Å². The standard InChI is InChI=1S/C31H33ClN4O3/c1-31(2,3)39-30(37)36-16-15-21(32)17-25-29(36)24-18-33-35-27(28(24)34-25)20-11-13-22(14-12-20)38-26-10-6-8-19-7-4-5-9-23(19)26/h4-10,15,17,20,22,34H,11-14,16,18H2,1-3H3. The maximum atomic E-state index is 13.2. The number of anilines is 1. The van der Waals surface area contributed by atoms with E-state index in [1.807, 2.05) is 32.9 Å². The van der Waals surface area contributed by atoms with Crippen LogP contribution in [-0.4, -0.2) is 29.3 Å². The van der Waals surface area contributed by atoms with E-state index in [1.54, 1.807) is 4.90 Å². The Kier molecular flexibility index (Phi) is 6.71. The Morgan fingerprint density at radius 1 is 1.08 bits per heavy atom. The van der Waals surface area contributed by atoms with Gasteiger partial charge in [-0.2, -0.15) is 10.2 Å². The van der Waals surface area contributed by atoms with E-state index < -0.39 is 11.7 Å². The molecule has 0 bridgehead atoms. The van der Waals surface area contributed by atoms with Crippen molar-refractivity contribution in [3.05, 3.63) is 69.8 Å². The van der Waals surface area contributed by atoms with E-state index in [4.69, 9.17) is 21.1 Å². The Hall–Kier alpha value is -3.58. The fourth-order valence-electron chi connectivity index (χ4n) is 5.74. The molecule has 1 saturated carbocycles. The summed E-state index contributed by atoms with van der Waals surface area (Å²) in [7, 11) is 0. The molecule has 0 atom stereocenters. The lowest BCUT2D eigenvalue weighted by atomic mass is 9.84. The first-order chi connectivity index (χ1) is 18.8. The number of benzene rings is 2. The summed E-state index contributed by atoms with van der Waals surface area (Å²) in [5, 5.41) is 13.8. The number of carbonyl (C=O) groups excluding carboxylic acids is 1. The van der Waals surface area contributed by atoms with Crippen LogP contribution in [0.5, 0.6) is 5.75 Å². The van der Waals surface area contributed by atoms with Gasteiger partial charge in [-0.15, -0.1) is 0 Å². The molecular weight excluding hydrogens is 512 g/mol. The SMILES string of the molecule is CC(C)(C)OC(=O)N1CC=C(Cl)C=c2[nH]c3c(c21)CN=NC=3C1CCC(Oc2cccc3ccccc23)CC1. The van der Waals surface area contributed by atoms with E-state index in [1.165, 1.54) is 5.39 Å². The highest BCUT2D eigenvalue weighted by atomic mass is 35.5. The number of nitrogens with one attached hydrogen (secondary N) is 1. The number of aromatic amines is 1. The number of H-pyrrole nitrogens is 1. The van der Waals surface area contributed by atoms with Gasteiger partial charge in [-0.25, -0.2) is 4.79 Å². The van der Waals surface area contributed by atoms with Gasteiger partial charge in [0.1, 0.15) is 11.4 Å². The third-order valence-electron chi connectivity index (χ3n) is 7.50. The maximum Gasteiger partial charge on any atom is 0.415 e. The summed E-state index contributed by atoms with van der Waals surface area (Å²) in [5.41, 5.74) is 2.08. The molecule has 0 spiro atoms. The lowest BCUT2D eigenvalue weighted by Gasteiger charge is -2.30. The number of allylic oxidation sites excluding steroid dienone is 1. The molecule has 6 rings (SSSR count). The van der Waals surface area contributed by atoms with Crippen LogP contribution in [0.2, 0.25) is 0 Å². The van der Waals surface area contributed by atoms with Crippen molar-refractivity contribution >= 4 is 45.9 Å². The largest absolute Gasteiger partial charge is 0.490 e. The fraction of sp³-hybridized carbons (Fsp3) is 0.387. The van der Waals surface area contributed by atoms with E-state index in [0.717, 1.165) is 64.5 Å². The summed E-state index contributed by atoms with van der Waals surface area (Å²) >= 11 is 6.46. The van der Waals surface area contributed by atoms with Crippen molar-refractivity contribution in [2.45, 2.75) is 64.7 Å². The minimum atomic E-state index is -0.610. The zero-order valence-corrected chi connectivity index (χ0v) is 23.3. The molecule has 1 N–H and O–H groups in total. The number of fused-ring (bicyclic) bond motifs is 4. The second-order valence-corrected chi connectivity index (χ2v) is 11.9. The quantitative estimate of drug-likeness (QED) is 0.406. The topological polar surface area (TPSA) is 79.3 Å². The van der Waals surface area contributed by atoms with Gasteiger partial charge < -0.3 is 14.5 Å². The Bertz CT molecular complexity index is 1600. The molecule has 0 radical (unpaired) electrons. The molecule has 1 aliphatic carbocycles. The first kappa shape index (κ1) is 25.7. The van der Waals surface area contributed by atoms with Gasteiger partial charge in [0.05, 0.1) is 34.7 Å². The number of ether oxygens (including phenoxy) is 2. The number of hydrogen-bond donors (Lipinski definition) is 1. The van der Waals surface area contributed by atoms with Crippen molar-refractivity contribution in [1.82, 2.24) is 4.98 Å². The number of nitrogens with zero attached hydrogens (tertiary/aromatic N) is 3. The first-order valence-corrected chi connectivity index (χ1v) is 14.0. The number of halogens is 1. The van der Waals surface area contributed by atoms with E-state index in [0.29, 0.717) is 18.1 Å². The molecule has 0 unspecified atom stereocenters. The van der Waals surface area contributed by atoms with Gasteiger partial charge in [-0.05, 0) is 70.1 Å². The van der Waals surface area contributed by atoms with Gasteiger partial charge in [0.25, 0.3) is 0 Å². The summed E-state index contributed by atoms with van der Waals surface area (Å²) in [6.07, 6.45) is 7.22. The Morgan fingerprint density at radius 2 is 1.85 bits per heavy atom. The zero-order valence-electron chi connectivity index (χ0n) is 22.5. The monoisotopic (exact) mass is 544 g/mol. The van der Waals surface area contributed by atoms with Crippen LogP contribution in [0.15, 0.2) is 63.8 Å². The Labute approximate surface area is 232 Å². The molecule has 3 aliphatic rings. The number of carbonyl (C=O) groups is 1. The highest BCUT2D eigenvalue weighted by molar-refractivity contribution is 6.34. The highest BCUT2D eigenvalue weighted by Gasteiger charge is 2.32. The van der Waals surface area contributed by atoms with Crippen LogP contribution in [0.3, 0.4) is 0 Å². The normalized spacial score (nSPS) is 21.0. The summed E-state index contributed by atoms with van der Waals surface area (Å²) in [6, 6.07) is 14.6. The molecule has 0 saturated heterocycles. The minimum Gasteiger partial charge on any atom is -0.490 e. The molecule has 3 heterocycles. The van der Waals surface area contributed by atoms with Crippen molar-refractivity contribution in [3.8, 4) is 5.75 Å². The molecule has 3 aromatic rings. The van der Waals surface area contributed by atoms with Gasteiger partial charge in [0.2, 0.25) is 0 Å². The summed E-state index contributed by atoms with van der Waals surface area (Å²) < 4.78 is 12.2. The minimum absolute atomic E-state index is 0.160. The smallest absolute Gasteiger partial charge is 0.415 e. The summed E-state index contributed by atoms with van der Waals surface area (Å²) in [5.74, 6) is 1.20. The first-order valence-electron chi connectivity index (χ1n) is 13.6. The molecule has 1 amide bonds. The number of azo groups is 1. The molecule has 7 nitrogen and oxygen atoms in total. The Morgan fingerprint density at radius 3 is 2.64 bits per heavy atom. The van der Waals surface area contributed by atoms with Crippen molar-refractivity contribution in [2.75, 3.05) is 11.4 Å². The molecule has 8 heteroatoms. The van der Waals surface area contributed by atoms with Crippen molar-refractivity contribution in [2.24, 2.45) is 16.1 Å². The Balaban J connectivity index is 1.28. The van der Waals surface area contributed by atoms with Crippen LogP contribution in [0.1, 0.15) is 52.0 Å². The average molecular weight is 545 g/mol. The zero-order chi connectivity index (χ0) is 27.1. The van der Waals surface area contributed by atoms with Gasteiger partial charge in [0, 0.05) is 28.4 Å². The van der Waals surface area contributed by atoms with Gasteiger partial charge >= 0.3 is 6.09 Å². The molecule has 2 aromatic carbocycles. The molecule has 202 valence electrons. The average Bonchev–Trinajstić information content (AvgIpc) is 3.17. The third-order valence-corrected chi connectivity index (χ3v) is 7.77. The van der Waals surface area contributed by atoms with Crippen LogP contribution < -0.4 is 20.3 Å². The van der Waals surface area contributed by atoms with Gasteiger partial charge in [0.15, 0.2) is 0 Å². The molecule has 2 aliphatic heterocycles. The van der Waals surface area contributed by atoms with E-state index in [2.05, 4.69) is 57.7 Å². The predicted molar refractivity (Wildman–Crippen MR) is 154 cm³/mol. The van der Waals surface area contributed by atoms with Crippen molar-refractivity contribution in [3.63, 3.8) is 0 Å². The molecular formula is C31H33ClN4O3. The lowest BCUT2D eigenvalue weighted by Crippen LogP contribution is -2.39. The van der Waals surface area contributed by atoms with Crippen LogP contribution in [0.4, 0.5) is 10.5 Å². The van der Waals surface area contributed by atoms with Crippen LogP contribution >= 0.6 is 11.6 Å². The van der Waals surface area contributed by atoms with Crippen LogP contribution in [-0.2, 0) is 11.3 Å². The number of hydrogen-bond acceptors (Lipinski definition) is 5. The summed E-state index contributed by atoms with van der Waals surface area (Å²) in [4.78, 5) is 18.4. The lowest BCUT2D eigenvalue weighted by molar-refractivity contribution is 0.0584. The van der Waals surface area contributed by atoms with Crippen LogP contribution in [0.25, 0.3) is 22.5 Å². The number of amides is 1. The number of aromatic nitrogens is 1. The van der Waals surface area contributed by atoms with E-state index in [9.17, 15) is 4.79 Å². The van der Waals surface area contributed by atoms with E-state index in [-0.39, 0.29) is 12.0 Å². The second kappa shape index (κ2) is 10.2. The fourth-order valence-corrected chi connectivity index (χ4v) is 5.91. The second-order valence-electron chi connectivity index (χ2n) is 11.4. The predicted octanol–water partition coefficient (Wildman–Crippen LogP) is 6.54. The highest BCUT2D eigenvalue weighted by Crippen LogP contribution is 2.36. The van der Waals surface area contributed by atoms with Crippen molar-refractivity contribution < 1.29 is 14.3 Å². The molecule has 1 fully saturated rings. The number of rotatable bonds is 3. The van der Waals surface area contributed by atoms with E-state index >= 15 is 0 Å². The van der Waals surface area contributed by atoms with Crippen LogP contribution in [0, 0.1) is 5.92 Å². The maximum absolute atomic E-state index is 13.2. The molecule has 1 aromatic heterocycles. The molecule has 39 heavy (non-hydrogen) atoms.